The van der Waals surface area contributed by atoms with Gasteiger partial charge in [0.15, 0.2) is 16.6 Å². The summed E-state index contributed by atoms with van der Waals surface area (Å²) in [4.78, 5) is 32.2. The topological polar surface area (TPSA) is 98.2 Å². The van der Waals surface area contributed by atoms with Crippen molar-refractivity contribution in [2.24, 2.45) is 0 Å². The zero-order valence-corrected chi connectivity index (χ0v) is 20.2. The number of benzene rings is 3. The van der Waals surface area contributed by atoms with Gasteiger partial charge in [-0.1, -0.05) is 30.3 Å². The number of rotatable bonds is 5. The molecule has 1 aromatic heterocycles. The van der Waals surface area contributed by atoms with Gasteiger partial charge in [0.25, 0.3) is 5.78 Å². The van der Waals surface area contributed by atoms with E-state index in [0.29, 0.717) is 52.5 Å². The van der Waals surface area contributed by atoms with E-state index in [4.69, 9.17) is 14.2 Å². The van der Waals surface area contributed by atoms with Crippen molar-refractivity contribution in [1.29, 1.82) is 0 Å². The lowest BCUT2D eigenvalue weighted by atomic mass is 9.95. The van der Waals surface area contributed by atoms with Crippen LogP contribution < -0.4 is 19.1 Å². The molecule has 1 fully saturated rings. The average Bonchev–Trinajstić information content (AvgIpc) is 3.55. The summed E-state index contributed by atoms with van der Waals surface area (Å²) in [6, 6.07) is 20.4. The Morgan fingerprint density at radius 3 is 2.51 bits per heavy atom. The standard InChI is InChI=1S/C28H20N2O6S/c31-25(18-9-10-21-22(16-18)35-13-12-34-21)23-24(30(27(33)26(23)32)28-29-11-14-37-28)17-5-4-8-20(15-17)36-19-6-2-1-3-7-19/h1-11,14-16,24,31H,12-13H2/b25-23-. The molecule has 3 aromatic carbocycles. The van der Waals surface area contributed by atoms with Crippen LogP contribution >= 0.6 is 11.3 Å². The molecule has 6 rings (SSSR count). The summed E-state index contributed by atoms with van der Waals surface area (Å²) in [6.45, 7) is 0.804. The number of carbonyl (C=O) groups is 2. The normalized spacial score (nSPS) is 18.2. The van der Waals surface area contributed by atoms with Gasteiger partial charge in [-0.2, -0.15) is 0 Å². The Bertz CT molecular complexity index is 1520. The summed E-state index contributed by atoms with van der Waals surface area (Å²) in [5.74, 6) is 0.286. The summed E-state index contributed by atoms with van der Waals surface area (Å²) >= 11 is 1.23. The molecule has 0 aliphatic carbocycles. The highest BCUT2D eigenvalue weighted by molar-refractivity contribution is 7.14. The minimum absolute atomic E-state index is 0.0475. The van der Waals surface area contributed by atoms with E-state index in [9.17, 15) is 14.7 Å². The number of para-hydroxylation sites is 1. The number of anilines is 1. The van der Waals surface area contributed by atoms with Crippen LogP contribution in [0.5, 0.6) is 23.0 Å². The molecule has 1 unspecified atom stereocenters. The number of aliphatic hydroxyl groups is 1. The molecule has 0 radical (unpaired) electrons. The van der Waals surface area contributed by atoms with Gasteiger partial charge in [-0.25, -0.2) is 4.98 Å². The van der Waals surface area contributed by atoms with Gasteiger partial charge < -0.3 is 19.3 Å². The minimum Gasteiger partial charge on any atom is -0.507 e. The second-order valence-electron chi connectivity index (χ2n) is 8.33. The highest BCUT2D eigenvalue weighted by atomic mass is 32.1. The largest absolute Gasteiger partial charge is 0.507 e. The lowest BCUT2D eigenvalue weighted by molar-refractivity contribution is -0.132. The smallest absolute Gasteiger partial charge is 0.301 e. The maximum atomic E-state index is 13.4. The Balaban J connectivity index is 1.48. The molecule has 2 aliphatic heterocycles. The first kappa shape index (κ1) is 22.8. The molecule has 4 aromatic rings. The first-order valence-electron chi connectivity index (χ1n) is 11.5. The highest BCUT2D eigenvalue weighted by Crippen LogP contribution is 2.44. The number of ether oxygens (including phenoxy) is 3. The van der Waals surface area contributed by atoms with E-state index >= 15 is 0 Å². The molecular formula is C28H20N2O6S. The maximum absolute atomic E-state index is 13.4. The van der Waals surface area contributed by atoms with Crippen molar-refractivity contribution in [2.45, 2.75) is 6.04 Å². The fourth-order valence-electron chi connectivity index (χ4n) is 4.40. The Labute approximate surface area is 216 Å². The van der Waals surface area contributed by atoms with Crippen LogP contribution in [0.25, 0.3) is 5.76 Å². The van der Waals surface area contributed by atoms with E-state index in [2.05, 4.69) is 4.98 Å². The first-order valence-corrected chi connectivity index (χ1v) is 12.4. The number of thiazole rings is 1. The first-order chi connectivity index (χ1) is 18.1. The second-order valence-corrected chi connectivity index (χ2v) is 9.20. The molecule has 1 amide bonds. The monoisotopic (exact) mass is 512 g/mol. The van der Waals surface area contributed by atoms with Crippen LogP contribution in [0.3, 0.4) is 0 Å². The van der Waals surface area contributed by atoms with Crippen LogP contribution in [-0.4, -0.2) is 35.0 Å². The van der Waals surface area contributed by atoms with E-state index in [1.807, 2.05) is 30.3 Å². The predicted molar refractivity (Wildman–Crippen MR) is 137 cm³/mol. The van der Waals surface area contributed by atoms with E-state index in [0.717, 1.165) is 0 Å². The summed E-state index contributed by atoms with van der Waals surface area (Å²) < 4.78 is 17.2. The van der Waals surface area contributed by atoms with Crippen molar-refractivity contribution in [3.05, 3.63) is 101 Å². The lowest BCUT2D eigenvalue weighted by Crippen LogP contribution is -2.29. The van der Waals surface area contributed by atoms with Crippen LogP contribution in [0, 0.1) is 0 Å². The molecule has 2 aliphatic rings. The van der Waals surface area contributed by atoms with Gasteiger partial charge in [0.05, 0.1) is 11.6 Å². The molecule has 184 valence electrons. The van der Waals surface area contributed by atoms with Gasteiger partial charge in [0.2, 0.25) is 0 Å². The van der Waals surface area contributed by atoms with Crippen LogP contribution in [0.15, 0.2) is 89.9 Å². The molecular weight excluding hydrogens is 492 g/mol. The number of nitrogens with zero attached hydrogens (tertiary/aromatic N) is 2. The van der Waals surface area contributed by atoms with E-state index in [1.165, 1.54) is 16.2 Å². The number of aliphatic hydroxyl groups excluding tert-OH is 1. The highest BCUT2D eigenvalue weighted by Gasteiger charge is 2.48. The van der Waals surface area contributed by atoms with Crippen molar-refractivity contribution in [3.8, 4) is 23.0 Å². The van der Waals surface area contributed by atoms with Crippen molar-refractivity contribution in [1.82, 2.24) is 4.98 Å². The third-order valence-corrected chi connectivity index (χ3v) is 6.81. The average molecular weight is 513 g/mol. The van der Waals surface area contributed by atoms with Gasteiger partial charge in [-0.3, -0.25) is 14.5 Å². The fraction of sp³-hybridized carbons (Fsp3) is 0.107. The third kappa shape index (κ3) is 4.19. The van der Waals surface area contributed by atoms with Crippen LogP contribution in [0.1, 0.15) is 17.2 Å². The number of hydrogen-bond acceptors (Lipinski definition) is 8. The molecule has 0 saturated carbocycles. The number of Topliss-reactive ketones (excluding diaryl/α,β-unsaturated/α-hetero) is 1. The Morgan fingerprint density at radius 1 is 0.946 bits per heavy atom. The summed E-state index contributed by atoms with van der Waals surface area (Å²) in [5, 5.41) is 13.5. The Hall–Kier alpha value is -4.63. The number of amides is 1. The molecule has 1 saturated heterocycles. The van der Waals surface area contributed by atoms with Gasteiger partial charge in [-0.05, 0) is 48.0 Å². The maximum Gasteiger partial charge on any atom is 0.301 e. The zero-order valence-electron chi connectivity index (χ0n) is 19.4. The lowest BCUT2D eigenvalue weighted by Gasteiger charge is -2.23. The predicted octanol–water partition coefficient (Wildman–Crippen LogP) is 5.33. The van der Waals surface area contributed by atoms with Crippen molar-refractivity contribution >= 4 is 33.9 Å². The number of ketones is 1. The molecule has 0 spiro atoms. The van der Waals surface area contributed by atoms with Gasteiger partial charge in [-0.15, -0.1) is 11.3 Å². The van der Waals surface area contributed by atoms with Crippen LogP contribution in [0.4, 0.5) is 5.13 Å². The fourth-order valence-corrected chi connectivity index (χ4v) is 5.07. The molecule has 1 N–H and O–H groups in total. The van der Waals surface area contributed by atoms with E-state index in [-0.39, 0.29) is 11.3 Å². The summed E-state index contributed by atoms with van der Waals surface area (Å²) in [5.41, 5.74) is 0.874. The van der Waals surface area contributed by atoms with Crippen LogP contribution in [-0.2, 0) is 9.59 Å². The summed E-state index contributed by atoms with van der Waals surface area (Å²) in [7, 11) is 0. The Morgan fingerprint density at radius 2 is 1.73 bits per heavy atom. The Kier molecular flexibility index (Phi) is 5.82. The summed E-state index contributed by atoms with van der Waals surface area (Å²) in [6.07, 6.45) is 1.56. The molecule has 1 atom stereocenters. The molecule has 0 bridgehead atoms. The van der Waals surface area contributed by atoms with Crippen LogP contribution in [0.2, 0.25) is 0 Å². The van der Waals surface area contributed by atoms with Gasteiger partial charge in [0.1, 0.15) is 30.5 Å². The second kappa shape index (κ2) is 9.44. The van der Waals surface area contributed by atoms with Crippen molar-refractivity contribution in [2.75, 3.05) is 18.1 Å². The number of fused-ring (bicyclic) bond motifs is 1. The molecule has 8 nitrogen and oxygen atoms in total. The zero-order chi connectivity index (χ0) is 25.4. The molecule has 3 heterocycles. The molecule has 9 heteroatoms. The quantitative estimate of drug-likeness (QED) is 0.219. The van der Waals surface area contributed by atoms with E-state index < -0.39 is 17.7 Å². The van der Waals surface area contributed by atoms with Gasteiger partial charge >= 0.3 is 5.91 Å². The van der Waals surface area contributed by atoms with Crippen molar-refractivity contribution < 1.29 is 28.9 Å². The van der Waals surface area contributed by atoms with Crippen molar-refractivity contribution in [3.63, 3.8) is 0 Å². The van der Waals surface area contributed by atoms with E-state index in [1.54, 1.807) is 54.0 Å². The number of hydrogen-bond donors (Lipinski definition) is 1. The third-order valence-electron chi connectivity index (χ3n) is 6.04. The number of aromatic nitrogens is 1. The molecule has 37 heavy (non-hydrogen) atoms. The van der Waals surface area contributed by atoms with Gasteiger partial charge in [0, 0.05) is 17.1 Å². The SMILES string of the molecule is O=C1C(=O)N(c2nccs2)C(c2cccc(Oc3ccccc3)c2)/C1=C(/O)c1ccc2c(c1)OCCO2. The minimum atomic E-state index is -0.918. The number of carbonyl (C=O) groups excluding carboxylic acids is 2.